The van der Waals surface area contributed by atoms with Gasteiger partial charge >= 0.3 is 0 Å². The van der Waals surface area contributed by atoms with Crippen LogP contribution in [0.15, 0.2) is 60.7 Å². The van der Waals surface area contributed by atoms with Crippen molar-refractivity contribution >= 4 is 23.2 Å². The Hall–Kier alpha value is -3.25. The van der Waals surface area contributed by atoms with Crippen LogP contribution in [0.3, 0.4) is 0 Å². The summed E-state index contributed by atoms with van der Waals surface area (Å²) >= 11 is 5.90. The summed E-state index contributed by atoms with van der Waals surface area (Å²) in [5.41, 5.74) is 4.32. The Bertz CT molecular complexity index is 1240. The van der Waals surface area contributed by atoms with Gasteiger partial charge in [-0.15, -0.1) is 5.10 Å². The summed E-state index contributed by atoms with van der Waals surface area (Å²) in [5.74, 6) is -0.887. The molecule has 0 aliphatic carbocycles. The van der Waals surface area contributed by atoms with Crippen molar-refractivity contribution in [2.24, 2.45) is 0 Å². The molecule has 2 heterocycles. The molecule has 0 unspecified atom stereocenters. The van der Waals surface area contributed by atoms with Crippen LogP contribution in [0.25, 0.3) is 16.9 Å². The number of fused-ring (bicyclic) bond motifs is 1. The summed E-state index contributed by atoms with van der Waals surface area (Å²) in [4.78, 5) is 17.2. The van der Waals surface area contributed by atoms with E-state index in [1.54, 1.807) is 30.3 Å². The third kappa shape index (κ3) is 4.44. The predicted octanol–water partition coefficient (Wildman–Crippen LogP) is 5.42. The van der Waals surface area contributed by atoms with Crippen molar-refractivity contribution < 1.29 is 9.18 Å². The predicted molar refractivity (Wildman–Crippen MR) is 120 cm³/mol. The van der Waals surface area contributed by atoms with Gasteiger partial charge in [0.2, 0.25) is 5.95 Å². The van der Waals surface area contributed by atoms with E-state index in [0.717, 1.165) is 5.56 Å². The first-order valence-corrected chi connectivity index (χ1v) is 10.3. The number of hydrogen-bond acceptors (Lipinski definition) is 3. The van der Waals surface area contributed by atoms with E-state index in [1.807, 2.05) is 12.1 Å². The van der Waals surface area contributed by atoms with E-state index < -0.39 is 5.95 Å². The molecule has 31 heavy (non-hydrogen) atoms. The lowest BCUT2D eigenvalue weighted by Gasteiger charge is -2.19. The smallest absolute Gasteiger partial charge is 0.251 e. The van der Waals surface area contributed by atoms with Crippen LogP contribution in [-0.4, -0.2) is 20.5 Å². The number of rotatable bonds is 4. The van der Waals surface area contributed by atoms with Crippen molar-refractivity contribution in [3.63, 3.8) is 0 Å². The summed E-state index contributed by atoms with van der Waals surface area (Å²) < 4.78 is 15.3. The highest BCUT2D eigenvalue weighted by Gasteiger charge is 2.19. The number of benzene rings is 2. The van der Waals surface area contributed by atoms with Crippen molar-refractivity contribution in [2.75, 3.05) is 0 Å². The van der Waals surface area contributed by atoms with Gasteiger partial charge in [0.25, 0.3) is 5.91 Å². The molecule has 0 aliphatic heterocycles. The summed E-state index contributed by atoms with van der Waals surface area (Å²) in [5, 5.41) is 7.39. The SMILES string of the molecule is CC(C)(C)c1ccc(-c2nc3ccc(F)nn3c2CNC(=O)c2ccc(Cl)cc2)cc1. The number of halogens is 2. The highest BCUT2D eigenvalue weighted by atomic mass is 35.5. The molecule has 1 amide bonds. The van der Waals surface area contributed by atoms with Crippen molar-refractivity contribution in [3.8, 4) is 11.3 Å². The number of nitrogens with one attached hydrogen (secondary N) is 1. The molecule has 2 aromatic heterocycles. The molecule has 0 spiro atoms. The van der Waals surface area contributed by atoms with Crippen molar-refractivity contribution in [1.82, 2.24) is 19.9 Å². The molecule has 0 saturated carbocycles. The van der Waals surface area contributed by atoms with Crippen molar-refractivity contribution in [2.45, 2.75) is 32.7 Å². The van der Waals surface area contributed by atoms with Crippen LogP contribution in [0.2, 0.25) is 5.02 Å². The van der Waals surface area contributed by atoms with E-state index in [9.17, 15) is 9.18 Å². The quantitative estimate of drug-likeness (QED) is 0.465. The van der Waals surface area contributed by atoms with Gasteiger partial charge in [0.05, 0.1) is 17.9 Å². The fraction of sp³-hybridized carbons (Fsp3) is 0.208. The van der Waals surface area contributed by atoms with Gasteiger partial charge in [-0.1, -0.05) is 56.6 Å². The molecule has 4 rings (SSSR count). The standard InChI is InChI=1S/C24H22ClFN4O/c1-24(2,3)17-8-4-15(5-9-17)22-19(30-21(28-22)13-12-20(26)29-30)14-27-23(31)16-6-10-18(25)11-7-16/h4-13H,14H2,1-3H3,(H,27,31). The van der Waals surface area contributed by atoms with Gasteiger partial charge in [-0.2, -0.15) is 4.39 Å². The molecule has 2 aromatic carbocycles. The van der Waals surface area contributed by atoms with Gasteiger partial charge in [0, 0.05) is 16.1 Å². The van der Waals surface area contributed by atoms with E-state index in [2.05, 4.69) is 48.3 Å². The Labute approximate surface area is 184 Å². The van der Waals surface area contributed by atoms with Gasteiger partial charge in [0.1, 0.15) is 0 Å². The lowest BCUT2D eigenvalue weighted by atomic mass is 9.86. The molecule has 5 nitrogen and oxygen atoms in total. The highest BCUT2D eigenvalue weighted by Crippen LogP contribution is 2.28. The topological polar surface area (TPSA) is 59.3 Å². The summed E-state index contributed by atoms with van der Waals surface area (Å²) in [7, 11) is 0. The zero-order valence-electron chi connectivity index (χ0n) is 17.5. The first-order valence-electron chi connectivity index (χ1n) is 9.91. The molecular weight excluding hydrogens is 415 g/mol. The van der Waals surface area contributed by atoms with Crippen LogP contribution in [0.4, 0.5) is 4.39 Å². The van der Waals surface area contributed by atoms with Gasteiger partial charge in [0.15, 0.2) is 5.65 Å². The third-order valence-corrected chi connectivity index (χ3v) is 5.34. The molecule has 0 bridgehead atoms. The van der Waals surface area contributed by atoms with Crippen LogP contribution in [0, 0.1) is 5.95 Å². The fourth-order valence-corrected chi connectivity index (χ4v) is 3.47. The maximum Gasteiger partial charge on any atom is 0.251 e. The van der Waals surface area contributed by atoms with Crippen LogP contribution in [-0.2, 0) is 12.0 Å². The molecule has 0 saturated heterocycles. The Morgan fingerprint density at radius 1 is 1.03 bits per heavy atom. The zero-order valence-corrected chi connectivity index (χ0v) is 18.2. The Morgan fingerprint density at radius 3 is 2.35 bits per heavy atom. The van der Waals surface area contributed by atoms with Crippen molar-refractivity contribution in [1.29, 1.82) is 0 Å². The van der Waals surface area contributed by atoms with Crippen LogP contribution in [0.5, 0.6) is 0 Å². The summed E-state index contributed by atoms with van der Waals surface area (Å²) in [6.45, 7) is 6.58. The average Bonchev–Trinajstić information content (AvgIpc) is 3.09. The number of carbonyl (C=O) groups excluding carboxylic acids is 1. The number of nitrogens with zero attached hydrogens (tertiary/aromatic N) is 3. The van der Waals surface area contributed by atoms with Gasteiger partial charge in [-0.3, -0.25) is 4.79 Å². The number of amides is 1. The second kappa shape index (κ2) is 8.12. The third-order valence-electron chi connectivity index (χ3n) is 5.09. The summed E-state index contributed by atoms with van der Waals surface area (Å²) in [6, 6.07) is 17.5. The average molecular weight is 437 g/mol. The second-order valence-electron chi connectivity index (χ2n) is 8.35. The second-order valence-corrected chi connectivity index (χ2v) is 8.79. The van der Waals surface area contributed by atoms with Crippen LogP contribution >= 0.6 is 11.6 Å². The largest absolute Gasteiger partial charge is 0.346 e. The van der Waals surface area contributed by atoms with E-state index in [0.29, 0.717) is 27.6 Å². The lowest BCUT2D eigenvalue weighted by molar-refractivity contribution is 0.0950. The van der Waals surface area contributed by atoms with Crippen molar-refractivity contribution in [3.05, 3.63) is 88.5 Å². The molecule has 0 radical (unpaired) electrons. The lowest BCUT2D eigenvalue weighted by Crippen LogP contribution is -2.24. The Morgan fingerprint density at radius 2 is 1.71 bits per heavy atom. The molecule has 158 valence electrons. The molecule has 0 atom stereocenters. The normalized spacial score (nSPS) is 11.6. The molecular formula is C24H22ClFN4O. The monoisotopic (exact) mass is 436 g/mol. The summed E-state index contributed by atoms with van der Waals surface area (Å²) in [6.07, 6.45) is 0. The molecule has 7 heteroatoms. The van der Waals surface area contributed by atoms with E-state index in [1.165, 1.54) is 16.1 Å². The van der Waals surface area contributed by atoms with E-state index >= 15 is 0 Å². The molecule has 1 N–H and O–H groups in total. The van der Waals surface area contributed by atoms with E-state index in [4.69, 9.17) is 11.6 Å². The first-order chi connectivity index (χ1) is 14.7. The van der Waals surface area contributed by atoms with E-state index in [-0.39, 0.29) is 17.9 Å². The Balaban J connectivity index is 1.70. The van der Waals surface area contributed by atoms with Gasteiger partial charge < -0.3 is 5.32 Å². The molecule has 4 aromatic rings. The maximum atomic E-state index is 13.9. The number of carbonyl (C=O) groups is 1. The van der Waals surface area contributed by atoms with Crippen LogP contribution < -0.4 is 5.32 Å². The minimum atomic E-state index is -0.621. The molecule has 0 aliphatic rings. The minimum Gasteiger partial charge on any atom is -0.346 e. The van der Waals surface area contributed by atoms with Gasteiger partial charge in [-0.25, -0.2) is 9.50 Å². The number of hydrogen-bond donors (Lipinski definition) is 1. The number of aromatic nitrogens is 3. The Kier molecular flexibility index (Phi) is 5.50. The fourth-order valence-electron chi connectivity index (χ4n) is 3.34. The molecule has 0 fully saturated rings. The number of imidazole rings is 1. The van der Waals surface area contributed by atoms with Crippen LogP contribution in [0.1, 0.15) is 42.4 Å². The highest BCUT2D eigenvalue weighted by molar-refractivity contribution is 6.30. The first kappa shape index (κ1) is 21.0. The zero-order chi connectivity index (χ0) is 22.2. The maximum absolute atomic E-state index is 13.9. The minimum absolute atomic E-state index is 0.0253. The van der Waals surface area contributed by atoms with Gasteiger partial charge in [-0.05, 0) is 47.4 Å².